The molecule has 0 amide bonds. The molecule has 0 radical (unpaired) electrons. The summed E-state index contributed by atoms with van der Waals surface area (Å²) >= 11 is 0. The van der Waals surface area contributed by atoms with Crippen LogP contribution in [0.4, 0.5) is 0 Å². The lowest BCUT2D eigenvalue weighted by atomic mass is 10.0. The zero-order chi connectivity index (χ0) is 59.4. The van der Waals surface area contributed by atoms with Crippen LogP contribution in [-0.4, -0.2) is 49.3 Å². The van der Waals surface area contributed by atoms with Crippen LogP contribution in [0, 0.1) is 0 Å². The largest absolute Gasteiger partial charge is 0.472 e. The molecule has 0 fully saturated rings. The summed E-state index contributed by atoms with van der Waals surface area (Å²) in [5, 5.41) is 0. The predicted molar refractivity (Wildman–Crippen MR) is 354 cm³/mol. The lowest BCUT2D eigenvalue weighted by Crippen LogP contribution is -2.29. The molecule has 0 aromatic carbocycles. The van der Waals surface area contributed by atoms with E-state index in [1.165, 1.54) is 340 Å². The first-order valence-corrected chi connectivity index (χ1v) is 38.2. The normalized spacial score (nSPS) is 12.9. The van der Waals surface area contributed by atoms with Gasteiger partial charge in [-0.05, 0) is 38.5 Å². The van der Waals surface area contributed by atoms with E-state index in [9.17, 15) is 19.0 Å². The second kappa shape index (κ2) is 68.9. The molecular weight excluding hydrogens is 1040 g/mol. The number of ether oxygens (including phenoxy) is 2. The second-order valence-electron chi connectivity index (χ2n) is 25.2. The van der Waals surface area contributed by atoms with Gasteiger partial charge < -0.3 is 20.1 Å². The minimum absolute atomic E-state index is 0.0577. The van der Waals surface area contributed by atoms with E-state index in [-0.39, 0.29) is 38.6 Å². The molecule has 0 aliphatic rings. The molecule has 0 heterocycles. The number of nitrogens with two attached hydrogens (primary N) is 1. The number of phosphoric ester groups is 1. The zero-order valence-electron chi connectivity index (χ0n) is 55.0. The smallest absolute Gasteiger partial charge is 0.462 e. The molecule has 0 aromatic rings. The van der Waals surface area contributed by atoms with Gasteiger partial charge in [-0.1, -0.05) is 366 Å². The lowest BCUT2D eigenvalue weighted by molar-refractivity contribution is -0.161. The Hall–Kier alpha value is -1.25. The fraction of sp³-hybridized carbons (Fsp3) is 0.944. The number of rotatable bonds is 71. The number of allylic oxidation sites excluding steroid dienone is 2. The molecule has 0 aromatic heterocycles. The van der Waals surface area contributed by atoms with Crippen molar-refractivity contribution in [2.45, 2.75) is 412 Å². The molecule has 0 saturated heterocycles. The van der Waals surface area contributed by atoms with E-state index in [0.29, 0.717) is 6.42 Å². The van der Waals surface area contributed by atoms with Crippen LogP contribution in [0.25, 0.3) is 0 Å². The molecule has 82 heavy (non-hydrogen) atoms. The van der Waals surface area contributed by atoms with Crippen molar-refractivity contribution >= 4 is 19.8 Å². The second-order valence-corrected chi connectivity index (χ2v) is 26.6. The van der Waals surface area contributed by atoms with Gasteiger partial charge in [0.2, 0.25) is 0 Å². The van der Waals surface area contributed by atoms with Gasteiger partial charge in [-0.3, -0.25) is 18.6 Å². The van der Waals surface area contributed by atoms with E-state index in [0.717, 1.165) is 32.1 Å². The maximum atomic E-state index is 12.8. The third-order valence-corrected chi connectivity index (χ3v) is 17.9. The first kappa shape index (κ1) is 80.8. The van der Waals surface area contributed by atoms with Crippen molar-refractivity contribution < 1.29 is 37.6 Å². The summed E-state index contributed by atoms with van der Waals surface area (Å²) in [5.74, 6) is -0.799. The quantitative estimate of drug-likeness (QED) is 0.0264. The van der Waals surface area contributed by atoms with Crippen LogP contribution in [0.1, 0.15) is 406 Å². The van der Waals surface area contributed by atoms with Crippen molar-refractivity contribution in [3.8, 4) is 0 Å². The van der Waals surface area contributed by atoms with Crippen molar-refractivity contribution in [1.82, 2.24) is 0 Å². The van der Waals surface area contributed by atoms with Crippen molar-refractivity contribution in [3.63, 3.8) is 0 Å². The number of phosphoric acid groups is 1. The monoisotopic (exact) mass is 1180 g/mol. The van der Waals surface area contributed by atoms with Crippen LogP contribution >= 0.6 is 7.82 Å². The standard InChI is InChI=1S/C72H142NO8P/c1-3-5-7-9-11-13-15-17-19-21-23-25-27-29-31-33-34-35-37-38-40-42-44-46-48-50-52-54-56-58-60-62-64-71(74)78-68-70(69-80-82(76,77)79-67-66-73)81-72(75)65-63-61-59-57-55-53-51-49-47-45-43-41-39-36-32-30-28-26-24-22-20-18-16-14-12-10-8-6-4-2/h22,24,70H,3-21,23,25-69,73H2,1-2H3,(H,76,77)/b24-22-. The Balaban J connectivity index is 3.78. The summed E-state index contributed by atoms with van der Waals surface area (Å²) in [4.78, 5) is 35.4. The maximum absolute atomic E-state index is 12.8. The van der Waals surface area contributed by atoms with Gasteiger partial charge in [0.05, 0.1) is 13.2 Å². The number of carbonyl (C=O) groups is 2. The highest BCUT2D eigenvalue weighted by molar-refractivity contribution is 7.47. The number of esters is 2. The molecule has 2 unspecified atom stereocenters. The molecule has 0 spiro atoms. The average molecular weight is 1180 g/mol. The molecule has 10 heteroatoms. The Morgan fingerprint density at radius 2 is 0.598 bits per heavy atom. The molecular formula is C72H142NO8P. The topological polar surface area (TPSA) is 134 Å². The fourth-order valence-corrected chi connectivity index (χ4v) is 12.2. The first-order valence-electron chi connectivity index (χ1n) is 36.7. The summed E-state index contributed by atoms with van der Waals surface area (Å²) in [6, 6.07) is 0. The van der Waals surface area contributed by atoms with E-state index in [4.69, 9.17) is 24.3 Å². The summed E-state index contributed by atoms with van der Waals surface area (Å²) in [7, 11) is -4.39. The predicted octanol–water partition coefficient (Wildman–Crippen LogP) is 23.9. The fourth-order valence-electron chi connectivity index (χ4n) is 11.5. The molecule has 9 nitrogen and oxygen atoms in total. The van der Waals surface area contributed by atoms with Crippen LogP contribution in [-0.2, 0) is 32.7 Å². The van der Waals surface area contributed by atoms with Crippen LogP contribution in [0.2, 0.25) is 0 Å². The molecule has 0 bridgehead atoms. The Bertz CT molecular complexity index is 1350. The number of carbonyl (C=O) groups excluding carboxylic acids is 2. The van der Waals surface area contributed by atoms with Gasteiger partial charge in [0.15, 0.2) is 6.10 Å². The molecule has 2 atom stereocenters. The van der Waals surface area contributed by atoms with Crippen LogP contribution in [0.5, 0.6) is 0 Å². The van der Waals surface area contributed by atoms with Crippen molar-refractivity contribution in [2.75, 3.05) is 26.4 Å². The summed E-state index contributed by atoms with van der Waals surface area (Å²) in [6.07, 6.45) is 83.3. The van der Waals surface area contributed by atoms with E-state index >= 15 is 0 Å². The van der Waals surface area contributed by atoms with E-state index < -0.39 is 26.5 Å². The Kier molecular flexibility index (Phi) is 67.8. The van der Waals surface area contributed by atoms with Crippen molar-refractivity contribution in [2.24, 2.45) is 5.73 Å². The number of hydrogen-bond donors (Lipinski definition) is 2. The molecule has 488 valence electrons. The highest BCUT2D eigenvalue weighted by Gasteiger charge is 2.26. The highest BCUT2D eigenvalue weighted by atomic mass is 31.2. The van der Waals surface area contributed by atoms with Crippen LogP contribution in [0.3, 0.4) is 0 Å². The Morgan fingerprint density at radius 3 is 0.866 bits per heavy atom. The molecule has 0 saturated carbocycles. The lowest BCUT2D eigenvalue weighted by Gasteiger charge is -2.19. The minimum Gasteiger partial charge on any atom is -0.462 e. The number of hydrogen-bond acceptors (Lipinski definition) is 8. The van der Waals surface area contributed by atoms with Gasteiger partial charge in [-0.2, -0.15) is 0 Å². The highest BCUT2D eigenvalue weighted by Crippen LogP contribution is 2.43. The van der Waals surface area contributed by atoms with E-state index in [2.05, 4.69) is 26.0 Å². The van der Waals surface area contributed by atoms with Crippen LogP contribution in [0.15, 0.2) is 12.2 Å². The third-order valence-electron chi connectivity index (χ3n) is 16.9. The Labute approximate surface area is 510 Å². The van der Waals surface area contributed by atoms with Gasteiger partial charge in [0, 0.05) is 19.4 Å². The number of unbranched alkanes of at least 4 members (excludes halogenated alkanes) is 56. The first-order chi connectivity index (χ1) is 40.3. The summed E-state index contributed by atoms with van der Waals surface area (Å²) in [6.45, 7) is 3.84. The Morgan fingerprint density at radius 1 is 0.354 bits per heavy atom. The molecule has 0 aliphatic carbocycles. The van der Waals surface area contributed by atoms with Crippen LogP contribution < -0.4 is 5.73 Å². The summed E-state index contributed by atoms with van der Waals surface area (Å²) in [5.41, 5.74) is 5.41. The van der Waals surface area contributed by atoms with Crippen molar-refractivity contribution in [3.05, 3.63) is 12.2 Å². The van der Waals surface area contributed by atoms with Gasteiger partial charge in [0.25, 0.3) is 0 Å². The zero-order valence-corrected chi connectivity index (χ0v) is 55.9. The van der Waals surface area contributed by atoms with E-state index in [1.807, 2.05) is 0 Å². The van der Waals surface area contributed by atoms with Gasteiger partial charge in [0.1, 0.15) is 6.61 Å². The molecule has 0 rings (SSSR count). The van der Waals surface area contributed by atoms with Gasteiger partial charge >= 0.3 is 19.8 Å². The van der Waals surface area contributed by atoms with Gasteiger partial charge in [-0.15, -0.1) is 0 Å². The van der Waals surface area contributed by atoms with E-state index in [1.54, 1.807) is 0 Å². The summed E-state index contributed by atoms with van der Waals surface area (Å²) < 4.78 is 33.2. The van der Waals surface area contributed by atoms with Crippen molar-refractivity contribution in [1.29, 1.82) is 0 Å². The molecule has 0 aliphatic heterocycles. The maximum Gasteiger partial charge on any atom is 0.472 e. The minimum atomic E-state index is -4.39. The average Bonchev–Trinajstić information content (AvgIpc) is 3.48. The third kappa shape index (κ3) is 67.9. The van der Waals surface area contributed by atoms with Gasteiger partial charge in [-0.25, -0.2) is 4.57 Å². The SMILES string of the molecule is CCCCCCCCCC/C=C\CCCCCCCCCCCCCCCCCCCC(=O)OC(COC(=O)CCCCCCCCCCCCCCCCCCCCCCCCCCCCCCCCCC)COP(=O)(O)OCCN. The molecule has 3 N–H and O–H groups in total.